The summed E-state index contributed by atoms with van der Waals surface area (Å²) in [6.45, 7) is 11.9. The molecule has 1 aliphatic heterocycles. The summed E-state index contributed by atoms with van der Waals surface area (Å²) in [5.74, 6) is 4.96. The van der Waals surface area contributed by atoms with Crippen LogP contribution in [-0.2, 0) is 4.79 Å². The molecule has 5 aliphatic rings. The van der Waals surface area contributed by atoms with Gasteiger partial charge in [0, 0.05) is 11.8 Å². The van der Waals surface area contributed by atoms with Gasteiger partial charge >= 0.3 is 0 Å². The molecular formula is C27H41NO. The lowest BCUT2D eigenvalue weighted by atomic mass is 9.44. The fourth-order valence-electron chi connectivity index (χ4n) is 8.57. The van der Waals surface area contributed by atoms with Gasteiger partial charge in [0.15, 0.2) is 0 Å². The summed E-state index contributed by atoms with van der Waals surface area (Å²) in [4.78, 5) is 12.7. The molecule has 2 nitrogen and oxygen atoms in total. The molecule has 0 aromatic rings. The summed E-state index contributed by atoms with van der Waals surface area (Å²) in [5, 5.41) is 3.48. The van der Waals surface area contributed by atoms with Crippen LogP contribution in [0.15, 0.2) is 24.3 Å². The van der Waals surface area contributed by atoms with Gasteiger partial charge in [0.2, 0.25) is 0 Å². The van der Waals surface area contributed by atoms with Crippen molar-refractivity contribution in [1.29, 1.82) is 0 Å². The average Bonchev–Trinajstić information content (AvgIpc) is 3.03. The Morgan fingerprint density at radius 2 is 1.72 bits per heavy atom. The quantitative estimate of drug-likeness (QED) is 0.587. The van der Waals surface area contributed by atoms with Crippen molar-refractivity contribution in [2.24, 2.45) is 46.3 Å². The number of carbonyl (C=O) groups is 1. The van der Waals surface area contributed by atoms with Crippen LogP contribution in [0.5, 0.6) is 0 Å². The summed E-state index contributed by atoms with van der Waals surface area (Å²) in [6.07, 6.45) is 17.4. The van der Waals surface area contributed by atoms with E-state index in [1.165, 1.54) is 63.6 Å². The highest BCUT2D eigenvalue weighted by atomic mass is 16.1. The SMILES string of the molecule is C=C1C[C@@H]2[C@@H](CC[C@]3(C)C(=O)CC[C@@H]23)[C@@]2(C)CCC(C=CC3CCNCC3)CC12. The summed E-state index contributed by atoms with van der Waals surface area (Å²) in [7, 11) is 0. The molecule has 0 amide bonds. The lowest BCUT2D eigenvalue weighted by Gasteiger charge is -2.60. The van der Waals surface area contributed by atoms with Crippen molar-refractivity contribution < 1.29 is 4.79 Å². The van der Waals surface area contributed by atoms with Gasteiger partial charge < -0.3 is 5.32 Å². The number of ketones is 1. The van der Waals surface area contributed by atoms with E-state index in [-0.39, 0.29) is 5.41 Å². The number of hydrogen-bond acceptors (Lipinski definition) is 2. The van der Waals surface area contributed by atoms with Crippen LogP contribution in [0.25, 0.3) is 0 Å². The van der Waals surface area contributed by atoms with Crippen molar-refractivity contribution in [2.45, 2.75) is 78.1 Å². The number of rotatable bonds is 2. The first-order chi connectivity index (χ1) is 13.9. The second-order valence-corrected chi connectivity index (χ2v) is 11.7. The molecular weight excluding hydrogens is 354 g/mol. The van der Waals surface area contributed by atoms with E-state index in [2.05, 4.69) is 37.9 Å². The van der Waals surface area contributed by atoms with Crippen molar-refractivity contribution in [3.05, 3.63) is 24.3 Å². The molecule has 7 atom stereocenters. The van der Waals surface area contributed by atoms with E-state index in [1.807, 2.05) is 0 Å². The third-order valence-electron chi connectivity index (χ3n) is 10.4. The van der Waals surface area contributed by atoms with Gasteiger partial charge in [0.05, 0.1) is 0 Å². The van der Waals surface area contributed by atoms with Gasteiger partial charge in [-0.15, -0.1) is 0 Å². The Hall–Kier alpha value is -0.890. The summed E-state index contributed by atoms with van der Waals surface area (Å²) in [6, 6.07) is 0. The molecule has 4 aliphatic carbocycles. The molecule has 160 valence electrons. The number of fused-ring (bicyclic) bond motifs is 5. The predicted octanol–water partition coefficient (Wildman–Crippen LogP) is 5.94. The zero-order valence-electron chi connectivity index (χ0n) is 18.7. The number of carbonyl (C=O) groups excluding carboxylic acids is 1. The minimum absolute atomic E-state index is 0.0144. The molecule has 1 saturated heterocycles. The fraction of sp³-hybridized carbons (Fsp3) is 0.815. The van der Waals surface area contributed by atoms with Gasteiger partial charge in [-0.3, -0.25) is 4.79 Å². The molecule has 1 heterocycles. The van der Waals surface area contributed by atoms with Gasteiger partial charge in [-0.05, 0) is 112 Å². The smallest absolute Gasteiger partial charge is 0.139 e. The molecule has 29 heavy (non-hydrogen) atoms. The monoisotopic (exact) mass is 395 g/mol. The van der Waals surface area contributed by atoms with Gasteiger partial charge in [0.1, 0.15) is 5.78 Å². The van der Waals surface area contributed by atoms with Crippen LogP contribution in [-0.4, -0.2) is 18.9 Å². The van der Waals surface area contributed by atoms with E-state index in [9.17, 15) is 4.79 Å². The van der Waals surface area contributed by atoms with E-state index in [0.29, 0.717) is 23.0 Å². The van der Waals surface area contributed by atoms with Crippen LogP contribution < -0.4 is 5.32 Å². The van der Waals surface area contributed by atoms with Crippen molar-refractivity contribution in [3.8, 4) is 0 Å². The Morgan fingerprint density at radius 3 is 2.52 bits per heavy atom. The molecule has 0 radical (unpaired) electrons. The number of Topliss-reactive ketones (excluding diaryl/α,β-unsaturated/α-hetero) is 1. The lowest BCUT2D eigenvalue weighted by Crippen LogP contribution is -2.54. The van der Waals surface area contributed by atoms with Gasteiger partial charge in [-0.25, -0.2) is 0 Å². The third-order valence-corrected chi connectivity index (χ3v) is 10.4. The second kappa shape index (κ2) is 7.36. The highest BCUT2D eigenvalue weighted by Gasteiger charge is 2.60. The molecule has 1 N–H and O–H groups in total. The maximum absolute atomic E-state index is 12.7. The summed E-state index contributed by atoms with van der Waals surface area (Å²) >= 11 is 0. The number of piperidine rings is 1. The first-order valence-corrected chi connectivity index (χ1v) is 12.5. The zero-order valence-corrected chi connectivity index (χ0v) is 18.7. The molecule has 2 unspecified atom stereocenters. The van der Waals surface area contributed by atoms with Gasteiger partial charge in [0.25, 0.3) is 0 Å². The van der Waals surface area contributed by atoms with E-state index >= 15 is 0 Å². The predicted molar refractivity (Wildman–Crippen MR) is 119 cm³/mol. The standard InChI is InChI=1S/C27H41NO/c1-18-16-21-22-6-7-25(29)27(22,3)13-9-23(21)26(2)12-8-20(17-24(18)26)5-4-19-10-14-28-15-11-19/h4-5,19-24,28H,1,6-17H2,2-3H3/t20?,21-,22-,23+,24?,26+,27-/m0/s1. The molecule has 0 aromatic heterocycles. The van der Waals surface area contributed by atoms with Crippen LogP contribution in [0, 0.1) is 46.3 Å². The van der Waals surface area contributed by atoms with Crippen LogP contribution >= 0.6 is 0 Å². The molecule has 0 bridgehead atoms. The number of hydrogen-bond donors (Lipinski definition) is 1. The van der Waals surface area contributed by atoms with Crippen molar-refractivity contribution >= 4 is 5.78 Å². The van der Waals surface area contributed by atoms with Crippen molar-refractivity contribution in [2.75, 3.05) is 13.1 Å². The van der Waals surface area contributed by atoms with Crippen LogP contribution in [0.3, 0.4) is 0 Å². The van der Waals surface area contributed by atoms with Crippen molar-refractivity contribution in [3.63, 3.8) is 0 Å². The normalized spacial score (nSPS) is 48.4. The Bertz CT molecular complexity index is 703. The summed E-state index contributed by atoms with van der Waals surface area (Å²) < 4.78 is 0. The Morgan fingerprint density at radius 1 is 0.966 bits per heavy atom. The lowest BCUT2D eigenvalue weighted by molar-refractivity contribution is -0.135. The number of nitrogens with one attached hydrogen (secondary N) is 1. The molecule has 0 spiro atoms. The molecule has 4 saturated carbocycles. The van der Waals surface area contributed by atoms with Crippen LogP contribution in [0.4, 0.5) is 0 Å². The first kappa shape index (κ1) is 20.0. The second-order valence-electron chi connectivity index (χ2n) is 11.7. The minimum Gasteiger partial charge on any atom is -0.317 e. The topological polar surface area (TPSA) is 29.1 Å². The Balaban J connectivity index is 1.32. The highest BCUT2D eigenvalue weighted by molar-refractivity contribution is 5.87. The van der Waals surface area contributed by atoms with Gasteiger partial charge in [-0.1, -0.05) is 38.2 Å². The highest BCUT2D eigenvalue weighted by Crippen LogP contribution is 2.66. The zero-order chi connectivity index (χ0) is 20.2. The maximum Gasteiger partial charge on any atom is 0.139 e. The Labute approximate surface area is 178 Å². The fourth-order valence-corrected chi connectivity index (χ4v) is 8.57. The van der Waals surface area contributed by atoms with E-state index in [0.717, 1.165) is 42.9 Å². The molecule has 5 rings (SSSR count). The summed E-state index contributed by atoms with van der Waals surface area (Å²) in [5.41, 5.74) is 1.93. The molecule has 2 heteroatoms. The molecule has 5 fully saturated rings. The van der Waals surface area contributed by atoms with Crippen LogP contribution in [0.2, 0.25) is 0 Å². The third kappa shape index (κ3) is 3.20. The maximum atomic E-state index is 12.7. The van der Waals surface area contributed by atoms with Crippen LogP contribution in [0.1, 0.15) is 78.1 Å². The van der Waals surface area contributed by atoms with E-state index < -0.39 is 0 Å². The Kier molecular flexibility index (Phi) is 5.09. The van der Waals surface area contributed by atoms with Crippen molar-refractivity contribution in [1.82, 2.24) is 5.32 Å². The first-order valence-electron chi connectivity index (χ1n) is 12.5. The van der Waals surface area contributed by atoms with Gasteiger partial charge in [-0.2, -0.15) is 0 Å². The molecule has 0 aromatic carbocycles. The van der Waals surface area contributed by atoms with E-state index in [1.54, 1.807) is 0 Å². The van der Waals surface area contributed by atoms with E-state index in [4.69, 9.17) is 0 Å². The minimum atomic E-state index is -0.0144. The average molecular weight is 396 g/mol. The largest absolute Gasteiger partial charge is 0.317 e. The number of allylic oxidation sites excluding steroid dienone is 3.